The molecule has 120 valence electrons. The summed E-state index contributed by atoms with van der Waals surface area (Å²) in [4.78, 5) is 23.3. The highest BCUT2D eigenvalue weighted by atomic mass is 79.9. The van der Waals surface area contributed by atoms with Gasteiger partial charge in [0.2, 0.25) is 0 Å². The lowest BCUT2D eigenvalue weighted by Crippen LogP contribution is -2.29. The molecule has 0 fully saturated rings. The molecule has 0 saturated heterocycles. The van der Waals surface area contributed by atoms with Gasteiger partial charge in [-0.05, 0) is 49.4 Å². The molecule has 5 nitrogen and oxygen atoms in total. The number of aromatic carboxylic acids is 1. The average Bonchev–Trinajstić information content (AvgIpc) is 2.51. The fourth-order valence-corrected chi connectivity index (χ4v) is 2.20. The zero-order valence-electron chi connectivity index (χ0n) is 12.0. The van der Waals surface area contributed by atoms with Crippen LogP contribution in [-0.4, -0.2) is 23.1 Å². The van der Waals surface area contributed by atoms with Gasteiger partial charge in [0, 0.05) is 9.50 Å². The number of hydrogen-bond donors (Lipinski definition) is 1. The van der Waals surface area contributed by atoms with Crippen molar-refractivity contribution in [3.05, 3.63) is 57.5 Å². The van der Waals surface area contributed by atoms with Gasteiger partial charge >= 0.3 is 11.9 Å². The Hall–Kier alpha value is -2.05. The molecule has 0 saturated carbocycles. The van der Waals surface area contributed by atoms with Gasteiger partial charge < -0.3 is 14.6 Å². The molecule has 0 aliphatic rings. The summed E-state index contributed by atoms with van der Waals surface area (Å²) in [6.45, 7) is 1.51. The van der Waals surface area contributed by atoms with E-state index >= 15 is 0 Å². The number of esters is 1. The molecular formula is C16H12BrClO5. The largest absolute Gasteiger partial charge is 0.479 e. The molecule has 2 rings (SSSR count). The molecule has 1 unspecified atom stereocenters. The van der Waals surface area contributed by atoms with Gasteiger partial charge in [0.15, 0.2) is 6.10 Å². The molecule has 2 aromatic carbocycles. The number of carbonyl (C=O) groups excluding carboxylic acids is 1. The van der Waals surface area contributed by atoms with E-state index in [2.05, 4.69) is 15.9 Å². The van der Waals surface area contributed by atoms with E-state index in [4.69, 9.17) is 26.2 Å². The Morgan fingerprint density at radius 1 is 1.17 bits per heavy atom. The molecule has 1 atom stereocenters. The maximum Gasteiger partial charge on any atom is 0.352 e. The van der Waals surface area contributed by atoms with E-state index in [0.29, 0.717) is 15.2 Å². The highest BCUT2D eigenvalue weighted by molar-refractivity contribution is 9.10. The predicted molar refractivity (Wildman–Crippen MR) is 88.3 cm³/mol. The lowest BCUT2D eigenvalue weighted by Gasteiger charge is -2.15. The molecule has 0 bridgehead atoms. The van der Waals surface area contributed by atoms with Gasteiger partial charge in [-0.3, -0.25) is 0 Å². The molecular weight excluding hydrogens is 388 g/mol. The molecule has 7 heteroatoms. The van der Waals surface area contributed by atoms with Crippen LogP contribution in [0, 0.1) is 0 Å². The van der Waals surface area contributed by atoms with E-state index in [0.717, 1.165) is 0 Å². The Labute approximate surface area is 145 Å². The van der Waals surface area contributed by atoms with Crippen LogP contribution >= 0.6 is 27.5 Å². The van der Waals surface area contributed by atoms with Crippen LogP contribution in [0.3, 0.4) is 0 Å². The number of ether oxygens (including phenoxy) is 2. The van der Waals surface area contributed by atoms with Crippen molar-refractivity contribution in [2.24, 2.45) is 0 Å². The van der Waals surface area contributed by atoms with E-state index in [-0.39, 0.29) is 11.3 Å². The Balaban J connectivity index is 2.09. The van der Waals surface area contributed by atoms with Crippen molar-refractivity contribution in [3.63, 3.8) is 0 Å². The maximum atomic E-state index is 12.1. The van der Waals surface area contributed by atoms with E-state index in [1.165, 1.54) is 19.1 Å². The summed E-state index contributed by atoms with van der Waals surface area (Å²) in [6, 6.07) is 10.8. The van der Waals surface area contributed by atoms with Crippen LogP contribution in [0.5, 0.6) is 11.5 Å². The quantitative estimate of drug-likeness (QED) is 0.603. The third kappa shape index (κ3) is 4.71. The standard InChI is InChI=1S/C16H12BrClO5/c1-9(22-12-5-3-11(18)4-6-12)16(21)23-14-7-2-10(17)8-13(14)15(19)20/h2-9H,1H3,(H,19,20). The summed E-state index contributed by atoms with van der Waals surface area (Å²) in [5.41, 5.74) is -0.119. The third-order valence-electron chi connectivity index (χ3n) is 2.84. The van der Waals surface area contributed by atoms with E-state index < -0.39 is 18.0 Å². The summed E-state index contributed by atoms with van der Waals surface area (Å²) < 4.78 is 11.1. The van der Waals surface area contributed by atoms with Crippen LogP contribution in [0.4, 0.5) is 0 Å². The molecule has 0 aromatic heterocycles. The van der Waals surface area contributed by atoms with Gasteiger partial charge in [-0.2, -0.15) is 0 Å². The maximum absolute atomic E-state index is 12.1. The zero-order chi connectivity index (χ0) is 17.0. The van der Waals surface area contributed by atoms with Crippen molar-refractivity contribution >= 4 is 39.5 Å². The second-order valence-corrected chi connectivity index (χ2v) is 5.93. The number of rotatable bonds is 5. The van der Waals surface area contributed by atoms with Crippen molar-refractivity contribution in [1.82, 2.24) is 0 Å². The Morgan fingerprint density at radius 2 is 1.83 bits per heavy atom. The number of carboxylic acids is 1. The minimum absolute atomic E-state index is 0.0442. The molecule has 2 aromatic rings. The Morgan fingerprint density at radius 3 is 2.43 bits per heavy atom. The van der Waals surface area contributed by atoms with Crippen LogP contribution in [0.2, 0.25) is 5.02 Å². The first-order valence-electron chi connectivity index (χ1n) is 6.53. The number of hydrogen-bond acceptors (Lipinski definition) is 4. The van der Waals surface area contributed by atoms with Gasteiger partial charge in [0.25, 0.3) is 0 Å². The average molecular weight is 400 g/mol. The van der Waals surface area contributed by atoms with Gasteiger partial charge in [-0.25, -0.2) is 9.59 Å². The summed E-state index contributed by atoms with van der Waals surface area (Å²) >= 11 is 8.94. The third-order valence-corrected chi connectivity index (χ3v) is 3.59. The lowest BCUT2D eigenvalue weighted by atomic mass is 10.2. The van der Waals surface area contributed by atoms with Crippen LogP contribution in [0.1, 0.15) is 17.3 Å². The number of carbonyl (C=O) groups is 2. The number of benzene rings is 2. The molecule has 0 amide bonds. The van der Waals surface area contributed by atoms with E-state index in [1.54, 1.807) is 30.3 Å². The molecule has 0 radical (unpaired) electrons. The smallest absolute Gasteiger partial charge is 0.352 e. The Kier molecular flexibility index (Phi) is 5.63. The molecule has 0 spiro atoms. The van der Waals surface area contributed by atoms with E-state index in [1.807, 2.05) is 0 Å². The van der Waals surface area contributed by atoms with Crippen molar-refractivity contribution < 1.29 is 24.2 Å². The summed E-state index contributed by atoms with van der Waals surface area (Å²) in [5, 5.41) is 9.70. The Bertz CT molecular complexity index is 730. The highest BCUT2D eigenvalue weighted by Crippen LogP contribution is 2.24. The van der Waals surface area contributed by atoms with Crippen molar-refractivity contribution in [2.45, 2.75) is 13.0 Å². The van der Waals surface area contributed by atoms with Crippen molar-refractivity contribution in [1.29, 1.82) is 0 Å². The van der Waals surface area contributed by atoms with Crippen molar-refractivity contribution in [3.8, 4) is 11.5 Å². The van der Waals surface area contributed by atoms with Crippen molar-refractivity contribution in [2.75, 3.05) is 0 Å². The fourth-order valence-electron chi connectivity index (χ4n) is 1.72. The first kappa shape index (κ1) is 17.3. The van der Waals surface area contributed by atoms with Crippen LogP contribution in [0.15, 0.2) is 46.9 Å². The van der Waals surface area contributed by atoms with Gasteiger partial charge in [-0.15, -0.1) is 0 Å². The number of carboxylic acid groups (broad SMARTS) is 1. The van der Waals surface area contributed by atoms with Crippen LogP contribution in [-0.2, 0) is 4.79 Å². The molecule has 23 heavy (non-hydrogen) atoms. The van der Waals surface area contributed by atoms with E-state index in [9.17, 15) is 9.59 Å². The fraction of sp³-hybridized carbons (Fsp3) is 0.125. The minimum atomic E-state index is -1.19. The van der Waals surface area contributed by atoms with Gasteiger partial charge in [-0.1, -0.05) is 27.5 Å². The SMILES string of the molecule is CC(Oc1ccc(Cl)cc1)C(=O)Oc1ccc(Br)cc1C(=O)O. The normalized spacial score (nSPS) is 11.6. The summed E-state index contributed by atoms with van der Waals surface area (Å²) in [6.07, 6.45) is -0.915. The van der Waals surface area contributed by atoms with Crippen LogP contribution in [0.25, 0.3) is 0 Å². The topological polar surface area (TPSA) is 72.8 Å². The first-order valence-corrected chi connectivity index (χ1v) is 7.70. The second-order valence-electron chi connectivity index (χ2n) is 4.58. The monoisotopic (exact) mass is 398 g/mol. The summed E-state index contributed by atoms with van der Waals surface area (Å²) in [7, 11) is 0. The molecule has 0 aliphatic heterocycles. The lowest BCUT2D eigenvalue weighted by molar-refractivity contribution is -0.141. The highest BCUT2D eigenvalue weighted by Gasteiger charge is 2.21. The van der Waals surface area contributed by atoms with Crippen LogP contribution < -0.4 is 9.47 Å². The zero-order valence-corrected chi connectivity index (χ0v) is 14.3. The summed E-state index contributed by atoms with van der Waals surface area (Å²) in [5.74, 6) is -1.49. The predicted octanol–water partition coefficient (Wildman–Crippen LogP) is 4.17. The second kappa shape index (κ2) is 7.48. The first-order chi connectivity index (χ1) is 10.9. The molecule has 0 aliphatic carbocycles. The van der Waals surface area contributed by atoms with Gasteiger partial charge in [0.1, 0.15) is 17.1 Å². The number of halogens is 2. The van der Waals surface area contributed by atoms with Gasteiger partial charge in [0.05, 0.1) is 0 Å². The molecule has 1 N–H and O–H groups in total. The minimum Gasteiger partial charge on any atom is -0.479 e. The molecule has 0 heterocycles.